The van der Waals surface area contributed by atoms with Gasteiger partial charge in [0.1, 0.15) is 5.82 Å². The highest BCUT2D eigenvalue weighted by Crippen LogP contribution is 2.15. The van der Waals surface area contributed by atoms with E-state index in [1.165, 1.54) is 36.1 Å². The summed E-state index contributed by atoms with van der Waals surface area (Å²) in [5.41, 5.74) is 0.593. The van der Waals surface area contributed by atoms with Crippen LogP contribution in [0.5, 0.6) is 0 Å². The van der Waals surface area contributed by atoms with Gasteiger partial charge in [0.2, 0.25) is 11.8 Å². The van der Waals surface area contributed by atoms with E-state index < -0.39 is 0 Å². The number of hydrogen-bond acceptors (Lipinski definition) is 2. The Morgan fingerprint density at radius 1 is 1.25 bits per heavy atom. The van der Waals surface area contributed by atoms with E-state index in [2.05, 4.69) is 5.32 Å². The normalized spacial score (nSPS) is 10.4. The van der Waals surface area contributed by atoms with Gasteiger partial charge in [-0.3, -0.25) is 9.59 Å². The lowest BCUT2D eigenvalue weighted by Crippen LogP contribution is -2.34. The quantitative estimate of drug-likeness (QED) is 0.869. The van der Waals surface area contributed by atoms with Gasteiger partial charge in [0, 0.05) is 32.1 Å². The molecule has 0 radical (unpaired) electrons. The van der Waals surface area contributed by atoms with Gasteiger partial charge < -0.3 is 10.2 Å². The fourth-order valence-corrected chi connectivity index (χ4v) is 1.71. The van der Waals surface area contributed by atoms with Crippen LogP contribution in [0.25, 0.3) is 0 Å². The molecule has 20 heavy (non-hydrogen) atoms. The van der Waals surface area contributed by atoms with Crippen molar-refractivity contribution in [3.63, 3.8) is 0 Å². The molecule has 0 aromatic heterocycles. The Balaban J connectivity index is 2.58. The Morgan fingerprint density at radius 3 is 2.35 bits per heavy atom. The van der Waals surface area contributed by atoms with Crippen LogP contribution in [0.4, 0.5) is 10.1 Å². The summed E-state index contributed by atoms with van der Waals surface area (Å²) in [6, 6.07) is 5.65. The van der Waals surface area contributed by atoms with Crippen molar-refractivity contribution in [3.05, 3.63) is 30.1 Å². The zero-order valence-electron chi connectivity index (χ0n) is 12.1. The van der Waals surface area contributed by atoms with Crippen LogP contribution in [-0.2, 0) is 9.59 Å². The maximum Gasteiger partial charge on any atom is 0.223 e. The molecular formula is C15H21FN2O2. The van der Waals surface area contributed by atoms with E-state index >= 15 is 0 Å². The van der Waals surface area contributed by atoms with Gasteiger partial charge in [0.15, 0.2) is 0 Å². The SMILES string of the molecule is CC(=O)N(CCC(=O)NCC(C)C)c1ccc(F)cc1. The van der Waals surface area contributed by atoms with Crippen LogP contribution in [0.3, 0.4) is 0 Å². The minimum Gasteiger partial charge on any atom is -0.356 e. The van der Waals surface area contributed by atoms with Crippen molar-refractivity contribution in [2.75, 3.05) is 18.0 Å². The number of amides is 2. The maximum atomic E-state index is 12.9. The van der Waals surface area contributed by atoms with E-state index in [0.717, 1.165) is 0 Å². The van der Waals surface area contributed by atoms with Gasteiger partial charge in [-0.2, -0.15) is 0 Å². The van der Waals surface area contributed by atoms with Crippen molar-refractivity contribution in [3.8, 4) is 0 Å². The van der Waals surface area contributed by atoms with Crippen molar-refractivity contribution in [2.24, 2.45) is 5.92 Å². The second-order valence-electron chi connectivity index (χ2n) is 5.09. The summed E-state index contributed by atoms with van der Waals surface area (Å²) < 4.78 is 12.9. The summed E-state index contributed by atoms with van der Waals surface area (Å²) in [5.74, 6) is -0.229. The molecule has 0 aliphatic rings. The van der Waals surface area contributed by atoms with E-state index in [4.69, 9.17) is 0 Å². The third-order valence-electron chi connectivity index (χ3n) is 2.79. The lowest BCUT2D eigenvalue weighted by molar-refractivity contribution is -0.121. The number of carbonyl (C=O) groups excluding carboxylic acids is 2. The standard InChI is InChI=1S/C15H21FN2O2/c1-11(2)10-17-15(20)8-9-18(12(3)19)14-6-4-13(16)5-7-14/h4-7,11H,8-10H2,1-3H3,(H,17,20). The number of halogens is 1. The van der Waals surface area contributed by atoms with Gasteiger partial charge in [-0.15, -0.1) is 0 Å². The van der Waals surface area contributed by atoms with Gasteiger partial charge in [0.05, 0.1) is 0 Å². The van der Waals surface area contributed by atoms with Crippen LogP contribution >= 0.6 is 0 Å². The van der Waals surface area contributed by atoms with E-state index in [9.17, 15) is 14.0 Å². The Labute approximate surface area is 119 Å². The van der Waals surface area contributed by atoms with Crippen molar-refractivity contribution < 1.29 is 14.0 Å². The summed E-state index contributed by atoms with van der Waals surface area (Å²) in [4.78, 5) is 24.7. The second kappa shape index (κ2) is 7.62. The first-order valence-electron chi connectivity index (χ1n) is 6.70. The molecule has 0 aliphatic carbocycles. The first kappa shape index (κ1) is 16.1. The minimum absolute atomic E-state index is 0.0907. The molecule has 1 rings (SSSR count). The second-order valence-corrected chi connectivity index (χ2v) is 5.09. The summed E-state index contributed by atoms with van der Waals surface area (Å²) in [6.07, 6.45) is 0.226. The van der Waals surface area contributed by atoms with Crippen molar-refractivity contribution >= 4 is 17.5 Å². The molecule has 0 atom stereocenters. The fourth-order valence-electron chi connectivity index (χ4n) is 1.71. The lowest BCUT2D eigenvalue weighted by Gasteiger charge is -2.21. The van der Waals surface area contributed by atoms with Gasteiger partial charge in [-0.25, -0.2) is 4.39 Å². The smallest absolute Gasteiger partial charge is 0.223 e. The van der Waals surface area contributed by atoms with Crippen LogP contribution < -0.4 is 10.2 Å². The largest absolute Gasteiger partial charge is 0.356 e. The number of carbonyl (C=O) groups is 2. The molecule has 0 spiro atoms. The number of rotatable bonds is 6. The van der Waals surface area contributed by atoms with Gasteiger partial charge in [-0.1, -0.05) is 13.8 Å². The van der Waals surface area contributed by atoms with E-state index in [-0.39, 0.29) is 30.6 Å². The zero-order valence-corrected chi connectivity index (χ0v) is 12.1. The Morgan fingerprint density at radius 2 is 1.85 bits per heavy atom. The molecule has 2 amide bonds. The minimum atomic E-state index is -0.355. The third-order valence-corrected chi connectivity index (χ3v) is 2.79. The summed E-state index contributed by atoms with van der Waals surface area (Å²) in [6.45, 7) is 6.36. The van der Waals surface area contributed by atoms with Gasteiger partial charge >= 0.3 is 0 Å². The highest BCUT2D eigenvalue weighted by molar-refractivity contribution is 5.92. The number of anilines is 1. The Hall–Kier alpha value is -1.91. The summed E-state index contributed by atoms with van der Waals surface area (Å²) >= 11 is 0. The average molecular weight is 280 g/mol. The van der Waals surface area contributed by atoms with Gasteiger partial charge in [0.25, 0.3) is 0 Å². The van der Waals surface area contributed by atoms with Crippen molar-refractivity contribution in [1.29, 1.82) is 0 Å². The predicted molar refractivity (Wildman–Crippen MR) is 76.9 cm³/mol. The van der Waals surface area contributed by atoms with E-state index in [1.54, 1.807) is 0 Å². The van der Waals surface area contributed by atoms with Crippen LogP contribution in [0.15, 0.2) is 24.3 Å². The highest BCUT2D eigenvalue weighted by Gasteiger charge is 2.13. The van der Waals surface area contributed by atoms with Gasteiger partial charge in [-0.05, 0) is 30.2 Å². The Kier molecular flexibility index (Phi) is 6.15. The van der Waals surface area contributed by atoms with Crippen LogP contribution in [0.1, 0.15) is 27.2 Å². The molecule has 1 aromatic carbocycles. The molecule has 0 fully saturated rings. The molecular weight excluding hydrogens is 259 g/mol. The highest BCUT2D eigenvalue weighted by atomic mass is 19.1. The molecule has 0 saturated heterocycles. The number of nitrogens with one attached hydrogen (secondary N) is 1. The first-order chi connectivity index (χ1) is 9.40. The molecule has 0 aliphatic heterocycles. The fraction of sp³-hybridized carbons (Fsp3) is 0.467. The third kappa shape index (κ3) is 5.38. The average Bonchev–Trinajstić information content (AvgIpc) is 2.38. The van der Waals surface area contributed by atoms with E-state index in [0.29, 0.717) is 18.2 Å². The summed E-state index contributed by atoms with van der Waals surface area (Å²) in [7, 11) is 0. The molecule has 0 bridgehead atoms. The molecule has 5 heteroatoms. The van der Waals surface area contributed by atoms with Crippen LogP contribution in [0, 0.1) is 11.7 Å². The monoisotopic (exact) mass is 280 g/mol. The van der Waals surface area contributed by atoms with Crippen LogP contribution in [0.2, 0.25) is 0 Å². The Bertz CT molecular complexity index is 457. The molecule has 0 unspecified atom stereocenters. The number of nitrogens with zero attached hydrogens (tertiary/aromatic N) is 1. The molecule has 1 N–H and O–H groups in total. The molecule has 0 heterocycles. The van der Waals surface area contributed by atoms with Crippen molar-refractivity contribution in [1.82, 2.24) is 5.32 Å². The maximum absolute atomic E-state index is 12.9. The topological polar surface area (TPSA) is 49.4 Å². The number of hydrogen-bond donors (Lipinski definition) is 1. The predicted octanol–water partition coefficient (Wildman–Crippen LogP) is 2.34. The molecule has 110 valence electrons. The first-order valence-corrected chi connectivity index (χ1v) is 6.70. The molecule has 0 saturated carbocycles. The molecule has 1 aromatic rings. The lowest BCUT2D eigenvalue weighted by atomic mass is 10.2. The van der Waals surface area contributed by atoms with Crippen molar-refractivity contribution in [2.45, 2.75) is 27.2 Å². The van der Waals surface area contributed by atoms with Crippen LogP contribution in [-0.4, -0.2) is 24.9 Å². The zero-order chi connectivity index (χ0) is 15.1. The number of benzene rings is 1. The van der Waals surface area contributed by atoms with E-state index in [1.807, 2.05) is 13.8 Å². The molecule has 4 nitrogen and oxygen atoms in total. The summed E-state index contributed by atoms with van der Waals surface area (Å²) in [5, 5.41) is 2.80.